The minimum absolute atomic E-state index is 0.0989. The van der Waals surface area contributed by atoms with Gasteiger partial charge in [0.25, 0.3) is 7.37 Å². The van der Waals surface area contributed by atoms with Crippen molar-refractivity contribution < 1.29 is 14.2 Å². The van der Waals surface area contributed by atoms with Gasteiger partial charge in [-0.25, -0.2) is 0 Å². The standard InChI is InChI=1S/C23H31O3P/c1-17(2)21-15-14-18(3)16-22(21)26-27(25,20-12-8-5-9-13-20)23(24)19-10-6-4-7-11-19/h4-13,17-18,21-24H,14-16H2,1-3H3/t18-,21-,22-,23-,27+/m1/s1. The SMILES string of the molecule is CC(C)[C@H]1CC[C@@H](C)C[C@H]1O[P@@](=O)(c1ccccc1)[C@@H](O)c1ccccc1. The van der Waals surface area contributed by atoms with Crippen LogP contribution in [0, 0.1) is 17.8 Å². The van der Waals surface area contributed by atoms with Crippen LogP contribution in [0.15, 0.2) is 60.7 Å². The molecule has 27 heavy (non-hydrogen) atoms. The van der Waals surface area contributed by atoms with Gasteiger partial charge in [0.05, 0.1) is 6.10 Å². The monoisotopic (exact) mass is 386 g/mol. The quantitative estimate of drug-likeness (QED) is 0.642. The van der Waals surface area contributed by atoms with Crippen LogP contribution in [0.25, 0.3) is 0 Å². The van der Waals surface area contributed by atoms with Gasteiger partial charge in [0, 0.05) is 5.30 Å². The van der Waals surface area contributed by atoms with Crippen molar-refractivity contribution >= 4 is 12.7 Å². The highest BCUT2D eigenvalue weighted by atomic mass is 31.2. The van der Waals surface area contributed by atoms with E-state index in [1.165, 1.54) is 6.42 Å². The third kappa shape index (κ3) is 4.54. The molecule has 0 aromatic heterocycles. The van der Waals surface area contributed by atoms with Crippen LogP contribution in [0.5, 0.6) is 0 Å². The Morgan fingerprint density at radius 2 is 1.59 bits per heavy atom. The lowest BCUT2D eigenvalue weighted by molar-refractivity contribution is 0.0427. The van der Waals surface area contributed by atoms with Gasteiger partial charge in [-0.15, -0.1) is 0 Å². The summed E-state index contributed by atoms with van der Waals surface area (Å²) in [6.07, 6.45) is 3.05. The van der Waals surface area contributed by atoms with Gasteiger partial charge in [-0.2, -0.15) is 0 Å². The Balaban J connectivity index is 1.98. The van der Waals surface area contributed by atoms with E-state index in [9.17, 15) is 9.67 Å². The fourth-order valence-corrected chi connectivity index (χ4v) is 6.47. The molecular formula is C23H31O3P. The van der Waals surface area contributed by atoms with Crippen LogP contribution in [0.2, 0.25) is 0 Å². The fraction of sp³-hybridized carbons (Fsp3) is 0.478. The molecule has 0 saturated heterocycles. The Morgan fingerprint density at radius 3 is 2.19 bits per heavy atom. The number of rotatable bonds is 6. The highest BCUT2D eigenvalue weighted by Crippen LogP contribution is 2.60. The summed E-state index contributed by atoms with van der Waals surface area (Å²) in [5.74, 6) is 0.205. The predicted octanol–water partition coefficient (Wildman–Crippen LogP) is 5.76. The van der Waals surface area contributed by atoms with Crippen LogP contribution >= 0.6 is 7.37 Å². The summed E-state index contributed by atoms with van der Waals surface area (Å²) in [6.45, 7) is 6.64. The normalized spacial score (nSPS) is 26.5. The molecule has 0 heterocycles. The van der Waals surface area contributed by atoms with Crippen molar-refractivity contribution in [2.75, 3.05) is 0 Å². The largest absolute Gasteiger partial charge is 0.378 e. The van der Waals surface area contributed by atoms with E-state index in [0.29, 0.717) is 28.6 Å². The van der Waals surface area contributed by atoms with E-state index in [1.54, 1.807) is 0 Å². The van der Waals surface area contributed by atoms with Gasteiger partial charge in [0.2, 0.25) is 0 Å². The van der Waals surface area contributed by atoms with E-state index >= 15 is 0 Å². The summed E-state index contributed by atoms with van der Waals surface area (Å²) in [5.41, 5.74) is 0.634. The maximum atomic E-state index is 14.2. The second-order valence-electron chi connectivity index (χ2n) is 8.19. The minimum Gasteiger partial charge on any atom is -0.378 e. The van der Waals surface area contributed by atoms with Crippen LogP contribution in [0.1, 0.15) is 51.4 Å². The van der Waals surface area contributed by atoms with Crippen molar-refractivity contribution in [2.45, 2.75) is 52.0 Å². The fourth-order valence-electron chi connectivity index (χ4n) is 4.15. The molecule has 3 nitrogen and oxygen atoms in total. The van der Waals surface area contributed by atoms with E-state index < -0.39 is 13.2 Å². The van der Waals surface area contributed by atoms with E-state index in [2.05, 4.69) is 20.8 Å². The second kappa shape index (κ2) is 8.73. The molecule has 146 valence electrons. The molecule has 0 spiro atoms. The van der Waals surface area contributed by atoms with Crippen molar-refractivity contribution in [3.63, 3.8) is 0 Å². The number of aliphatic hydroxyl groups is 1. The number of hydrogen-bond donors (Lipinski definition) is 1. The number of benzene rings is 2. The molecule has 1 fully saturated rings. The van der Waals surface area contributed by atoms with Crippen molar-refractivity contribution in [1.82, 2.24) is 0 Å². The third-order valence-corrected chi connectivity index (χ3v) is 8.33. The molecule has 1 aliphatic carbocycles. The van der Waals surface area contributed by atoms with E-state index in [1.807, 2.05) is 60.7 Å². The van der Waals surface area contributed by atoms with Crippen LogP contribution in [0.4, 0.5) is 0 Å². The molecule has 0 radical (unpaired) electrons. The average molecular weight is 386 g/mol. The summed E-state index contributed by atoms with van der Waals surface area (Å²) in [7, 11) is -3.50. The predicted molar refractivity (Wildman–Crippen MR) is 111 cm³/mol. The molecule has 1 N–H and O–H groups in total. The summed E-state index contributed by atoms with van der Waals surface area (Å²) in [4.78, 5) is 0. The second-order valence-corrected chi connectivity index (χ2v) is 10.6. The molecule has 2 aromatic rings. The summed E-state index contributed by atoms with van der Waals surface area (Å²) >= 11 is 0. The first-order chi connectivity index (χ1) is 12.9. The zero-order valence-corrected chi connectivity index (χ0v) is 17.4. The molecule has 0 amide bonds. The van der Waals surface area contributed by atoms with Gasteiger partial charge in [-0.1, -0.05) is 75.7 Å². The summed E-state index contributed by atoms with van der Waals surface area (Å²) < 4.78 is 20.6. The Morgan fingerprint density at radius 1 is 1.00 bits per heavy atom. The average Bonchev–Trinajstić information content (AvgIpc) is 2.68. The molecule has 0 bridgehead atoms. The first kappa shape index (κ1) is 20.3. The Kier molecular flexibility index (Phi) is 6.57. The van der Waals surface area contributed by atoms with Crippen molar-refractivity contribution in [3.8, 4) is 0 Å². The molecule has 5 atom stereocenters. The van der Waals surface area contributed by atoms with Crippen LogP contribution in [0.3, 0.4) is 0 Å². The van der Waals surface area contributed by atoms with Gasteiger partial charge in [0.1, 0.15) is 0 Å². The van der Waals surface area contributed by atoms with Crippen LogP contribution < -0.4 is 5.30 Å². The van der Waals surface area contributed by atoms with Crippen molar-refractivity contribution in [3.05, 3.63) is 66.2 Å². The lowest BCUT2D eigenvalue weighted by Crippen LogP contribution is -2.35. The molecule has 0 aliphatic heterocycles. The molecule has 0 unspecified atom stereocenters. The minimum atomic E-state index is -3.50. The first-order valence-electron chi connectivity index (χ1n) is 9.98. The van der Waals surface area contributed by atoms with Gasteiger partial charge >= 0.3 is 0 Å². The molecule has 1 saturated carbocycles. The Hall–Kier alpha value is -1.41. The van der Waals surface area contributed by atoms with Gasteiger partial charge in [-0.3, -0.25) is 4.57 Å². The van der Waals surface area contributed by atoms with E-state index in [4.69, 9.17) is 4.52 Å². The summed E-state index contributed by atoms with van der Waals surface area (Å²) in [5, 5.41) is 11.7. The Bertz CT molecular complexity index is 760. The lowest BCUT2D eigenvalue weighted by Gasteiger charge is -2.39. The van der Waals surface area contributed by atoms with Crippen molar-refractivity contribution in [1.29, 1.82) is 0 Å². The van der Waals surface area contributed by atoms with E-state index in [-0.39, 0.29) is 6.10 Å². The lowest BCUT2D eigenvalue weighted by atomic mass is 9.75. The van der Waals surface area contributed by atoms with Crippen molar-refractivity contribution in [2.24, 2.45) is 17.8 Å². The van der Waals surface area contributed by atoms with Gasteiger partial charge < -0.3 is 9.63 Å². The molecule has 1 aliphatic rings. The van der Waals surface area contributed by atoms with Gasteiger partial charge in [0.15, 0.2) is 5.85 Å². The number of aliphatic hydroxyl groups excluding tert-OH is 1. The topological polar surface area (TPSA) is 46.5 Å². The summed E-state index contributed by atoms with van der Waals surface area (Å²) in [6, 6.07) is 18.4. The smallest absolute Gasteiger partial charge is 0.264 e. The Labute approximate surface area is 163 Å². The van der Waals surface area contributed by atoms with Crippen LogP contribution in [-0.4, -0.2) is 11.2 Å². The first-order valence-corrected chi connectivity index (χ1v) is 11.7. The molecule has 4 heteroatoms. The third-order valence-electron chi connectivity index (χ3n) is 5.79. The highest BCUT2D eigenvalue weighted by Gasteiger charge is 2.42. The van der Waals surface area contributed by atoms with Crippen LogP contribution in [-0.2, 0) is 9.09 Å². The maximum absolute atomic E-state index is 14.2. The molecule has 2 aromatic carbocycles. The van der Waals surface area contributed by atoms with Gasteiger partial charge in [-0.05, 0) is 48.3 Å². The zero-order valence-electron chi connectivity index (χ0n) is 16.5. The molecular weight excluding hydrogens is 355 g/mol. The number of hydrogen-bond acceptors (Lipinski definition) is 3. The zero-order chi connectivity index (χ0) is 19.4. The molecule has 3 rings (SSSR count). The van der Waals surface area contributed by atoms with E-state index in [0.717, 1.165) is 12.8 Å². The maximum Gasteiger partial charge on any atom is 0.264 e. The highest BCUT2D eigenvalue weighted by molar-refractivity contribution is 7.67.